The molecule has 1 N–H and O–H groups in total. The Kier molecular flexibility index (Phi) is 4.79. The Morgan fingerprint density at radius 2 is 1.71 bits per heavy atom. The Morgan fingerprint density at radius 1 is 0.971 bits per heavy atom. The van der Waals surface area contributed by atoms with Crippen LogP contribution in [0.4, 0.5) is 0 Å². The summed E-state index contributed by atoms with van der Waals surface area (Å²) in [6.45, 7) is 13.5. The van der Waals surface area contributed by atoms with E-state index in [9.17, 15) is 0 Å². The average molecular weight is 455 g/mol. The smallest absolute Gasteiger partial charge is 0.204 e. The van der Waals surface area contributed by atoms with Gasteiger partial charge in [-0.25, -0.2) is 0 Å². The Hall–Kier alpha value is -2.62. The van der Waals surface area contributed by atoms with Gasteiger partial charge in [-0.1, -0.05) is 53.6 Å². The Bertz CT molecular complexity index is 1240. The monoisotopic (exact) mass is 454 g/mol. The molecule has 7 unspecified atom stereocenters. The number of benzene rings is 2. The highest BCUT2D eigenvalue weighted by Gasteiger charge is 2.73. The van der Waals surface area contributed by atoms with E-state index in [4.69, 9.17) is 9.47 Å². The molecule has 3 heteroatoms. The van der Waals surface area contributed by atoms with Gasteiger partial charge in [0.05, 0.1) is 23.5 Å². The summed E-state index contributed by atoms with van der Waals surface area (Å²) in [5, 5.41) is 0. The van der Waals surface area contributed by atoms with Gasteiger partial charge in [0.1, 0.15) is 11.6 Å². The quantitative estimate of drug-likeness (QED) is 0.642. The third-order valence-electron chi connectivity index (χ3n) is 9.14. The third kappa shape index (κ3) is 2.96. The first-order valence-electron chi connectivity index (χ1n) is 12.7. The van der Waals surface area contributed by atoms with Gasteiger partial charge < -0.3 is 9.47 Å². The van der Waals surface area contributed by atoms with Gasteiger partial charge in [-0.15, -0.1) is 0 Å². The minimum atomic E-state index is -0.197. The van der Waals surface area contributed by atoms with Crippen molar-refractivity contribution in [2.24, 2.45) is 5.92 Å². The summed E-state index contributed by atoms with van der Waals surface area (Å²) in [6.07, 6.45) is 10.3. The zero-order valence-corrected chi connectivity index (χ0v) is 21.2. The third-order valence-corrected chi connectivity index (χ3v) is 9.14. The molecule has 0 saturated heterocycles. The highest BCUT2D eigenvalue weighted by molar-refractivity contribution is 5.76. The minimum Gasteiger partial charge on any atom is -0.469 e. The zero-order chi connectivity index (χ0) is 23.8. The zero-order valence-electron chi connectivity index (χ0n) is 21.2. The summed E-state index contributed by atoms with van der Waals surface area (Å²) in [7, 11) is 0. The van der Waals surface area contributed by atoms with Crippen molar-refractivity contribution >= 4 is 5.57 Å². The second-order valence-corrected chi connectivity index (χ2v) is 11.3. The number of aryl methyl sites for hydroxylation is 2. The highest BCUT2D eigenvalue weighted by Crippen LogP contribution is 2.60. The molecule has 3 aliphatic heterocycles. The SMILES string of the molecule is CC1=CC(C)OC(C2CC3(C)[NH+]4C=CC(c5cc(C)cc(C)c5)=CC4c4ccccc4C23C)O1. The molecule has 3 heterocycles. The van der Waals surface area contributed by atoms with E-state index in [1.807, 2.05) is 0 Å². The van der Waals surface area contributed by atoms with Crippen molar-refractivity contribution in [1.82, 2.24) is 0 Å². The average Bonchev–Trinajstić information content (AvgIpc) is 2.79. The second kappa shape index (κ2) is 7.44. The maximum Gasteiger partial charge on any atom is 0.204 e. The van der Waals surface area contributed by atoms with E-state index in [1.165, 1.54) is 38.3 Å². The molecule has 3 nitrogen and oxygen atoms in total. The molecule has 0 spiro atoms. The lowest BCUT2D eigenvalue weighted by atomic mass is 9.43. The number of rotatable bonds is 2. The van der Waals surface area contributed by atoms with Crippen LogP contribution in [-0.2, 0) is 14.9 Å². The highest BCUT2D eigenvalue weighted by atomic mass is 16.7. The molecule has 1 aliphatic carbocycles. The van der Waals surface area contributed by atoms with Gasteiger partial charge in [0.2, 0.25) is 6.29 Å². The Morgan fingerprint density at radius 3 is 2.44 bits per heavy atom. The number of hydrogen-bond donors (Lipinski definition) is 1. The van der Waals surface area contributed by atoms with Crippen molar-refractivity contribution in [2.75, 3.05) is 0 Å². The molecule has 4 aliphatic rings. The van der Waals surface area contributed by atoms with Crippen molar-refractivity contribution in [3.63, 3.8) is 0 Å². The summed E-state index contributed by atoms with van der Waals surface area (Å²) >= 11 is 0. The lowest BCUT2D eigenvalue weighted by molar-refractivity contribution is -0.947. The Balaban J connectivity index is 1.44. The number of allylic oxidation sites excluding steroid dienone is 3. The molecule has 2 aromatic carbocycles. The molecule has 0 bridgehead atoms. The van der Waals surface area contributed by atoms with Crippen molar-refractivity contribution < 1.29 is 14.4 Å². The van der Waals surface area contributed by atoms with Gasteiger partial charge >= 0.3 is 0 Å². The van der Waals surface area contributed by atoms with Crippen molar-refractivity contribution in [3.8, 4) is 0 Å². The first kappa shape index (κ1) is 21.9. The van der Waals surface area contributed by atoms with Gasteiger partial charge in [-0.05, 0) is 76.5 Å². The first-order valence-corrected chi connectivity index (χ1v) is 12.7. The number of fused-ring (bicyclic) bond motifs is 6. The molecular formula is C31H36NO2+. The predicted molar refractivity (Wildman–Crippen MR) is 136 cm³/mol. The van der Waals surface area contributed by atoms with Crippen LogP contribution in [0.25, 0.3) is 5.57 Å². The van der Waals surface area contributed by atoms with Gasteiger partial charge in [-0.3, -0.25) is 4.90 Å². The van der Waals surface area contributed by atoms with E-state index in [0.717, 1.165) is 12.2 Å². The minimum absolute atomic E-state index is 0.0347. The number of ether oxygens (including phenoxy) is 2. The lowest BCUT2D eigenvalue weighted by Crippen LogP contribution is -3.22. The van der Waals surface area contributed by atoms with Gasteiger partial charge in [0, 0.05) is 17.9 Å². The summed E-state index contributed by atoms with van der Waals surface area (Å²) in [4.78, 5) is 1.54. The van der Waals surface area contributed by atoms with Crippen LogP contribution in [-0.4, -0.2) is 17.9 Å². The van der Waals surface area contributed by atoms with E-state index in [0.29, 0.717) is 12.0 Å². The van der Waals surface area contributed by atoms with Gasteiger partial charge in [-0.2, -0.15) is 0 Å². The largest absolute Gasteiger partial charge is 0.469 e. The predicted octanol–water partition coefficient (Wildman–Crippen LogP) is 5.56. The fourth-order valence-corrected chi connectivity index (χ4v) is 7.39. The fourth-order valence-electron chi connectivity index (χ4n) is 7.39. The summed E-state index contributed by atoms with van der Waals surface area (Å²) in [5.41, 5.74) is 8.20. The van der Waals surface area contributed by atoms with Crippen molar-refractivity contribution in [2.45, 2.75) is 77.4 Å². The van der Waals surface area contributed by atoms with Crippen LogP contribution in [0.5, 0.6) is 0 Å². The van der Waals surface area contributed by atoms with E-state index in [2.05, 4.69) is 108 Å². The normalized spacial score (nSPS) is 37.9. The summed E-state index contributed by atoms with van der Waals surface area (Å²) in [6, 6.07) is 16.3. The molecule has 0 aromatic heterocycles. The van der Waals surface area contributed by atoms with Crippen LogP contribution in [0.3, 0.4) is 0 Å². The number of nitrogens with one attached hydrogen (secondary N) is 1. The van der Waals surface area contributed by atoms with E-state index < -0.39 is 0 Å². The van der Waals surface area contributed by atoms with Gasteiger partial charge in [0.15, 0.2) is 0 Å². The molecular weight excluding hydrogens is 418 g/mol. The van der Waals surface area contributed by atoms with E-state index in [1.54, 1.807) is 0 Å². The Labute approximate surface area is 203 Å². The van der Waals surface area contributed by atoms with Crippen LogP contribution in [0.1, 0.15) is 68.0 Å². The second-order valence-electron chi connectivity index (χ2n) is 11.3. The molecule has 0 radical (unpaired) electrons. The van der Waals surface area contributed by atoms with Gasteiger partial charge in [0.25, 0.3) is 0 Å². The molecule has 6 rings (SSSR count). The topological polar surface area (TPSA) is 22.9 Å². The van der Waals surface area contributed by atoms with Crippen LogP contribution in [0, 0.1) is 19.8 Å². The van der Waals surface area contributed by atoms with E-state index in [-0.39, 0.29) is 23.3 Å². The number of hydrogen-bond acceptors (Lipinski definition) is 2. The molecule has 176 valence electrons. The van der Waals surface area contributed by atoms with Crippen LogP contribution >= 0.6 is 0 Å². The van der Waals surface area contributed by atoms with Crippen LogP contribution < -0.4 is 4.90 Å². The fraction of sp³-hybridized carbons (Fsp3) is 0.419. The van der Waals surface area contributed by atoms with Crippen LogP contribution in [0.15, 0.2) is 72.7 Å². The molecule has 0 amide bonds. The lowest BCUT2D eigenvalue weighted by Gasteiger charge is -2.67. The molecule has 34 heavy (non-hydrogen) atoms. The van der Waals surface area contributed by atoms with Crippen LogP contribution in [0.2, 0.25) is 0 Å². The molecule has 1 saturated carbocycles. The van der Waals surface area contributed by atoms with E-state index >= 15 is 0 Å². The number of quaternary nitrogens is 1. The maximum absolute atomic E-state index is 6.33. The van der Waals surface area contributed by atoms with Crippen molar-refractivity contribution in [1.29, 1.82) is 0 Å². The maximum atomic E-state index is 6.33. The van der Waals surface area contributed by atoms with Crippen molar-refractivity contribution in [3.05, 3.63) is 100 Å². The summed E-state index contributed by atoms with van der Waals surface area (Å²) in [5.74, 6) is 1.30. The summed E-state index contributed by atoms with van der Waals surface area (Å²) < 4.78 is 12.6. The molecule has 7 atom stereocenters. The molecule has 2 aromatic rings. The molecule has 1 fully saturated rings. The standard InChI is InChI=1S/C31H35NO2/c1-19-13-20(2)15-24(14-19)23-11-12-32-28(17-23)25-9-7-8-10-26(25)31(6)27(18-30(31,32)5)29-33-21(3)16-22(4)34-29/h7-17,21,27-29H,18H2,1-6H3/p+1. The first-order chi connectivity index (χ1) is 16.2.